The van der Waals surface area contributed by atoms with Crippen molar-refractivity contribution in [3.8, 4) is 0 Å². The Bertz CT molecular complexity index is 1620. The van der Waals surface area contributed by atoms with Gasteiger partial charge in [0.15, 0.2) is 0 Å². The molecule has 2 amide bonds. The second-order valence-electron chi connectivity index (χ2n) is 9.56. The van der Waals surface area contributed by atoms with E-state index in [9.17, 15) is 18.0 Å². The van der Waals surface area contributed by atoms with Gasteiger partial charge in [-0.3, -0.25) is 13.9 Å². The Hall–Kier alpha value is -3.66. The Kier molecular flexibility index (Phi) is 10.8. The third-order valence-corrected chi connectivity index (χ3v) is 9.09. The molecule has 0 radical (unpaired) electrons. The lowest BCUT2D eigenvalue weighted by Crippen LogP contribution is -2.53. The summed E-state index contributed by atoms with van der Waals surface area (Å²) in [6, 6.07) is 30.2. The second kappa shape index (κ2) is 14.5. The monoisotopic (exact) mass is 667 g/mol. The molecule has 0 aliphatic carbocycles. The standard InChI is InChI=1S/C32H31BrClN3O4S/c1-2-35-32(39)30(20-24-11-5-3-6-12-24)36(22-25-13-9-14-26(33)19-25)31(38)23-37(28-16-10-15-27(34)21-28)42(40,41)29-17-7-4-8-18-29/h3-19,21,30H,2,20,22-23H2,1H3,(H,35,39). The number of likely N-dealkylation sites (N-methyl/N-ethyl adjacent to an activating group) is 1. The number of anilines is 1. The van der Waals surface area contributed by atoms with Gasteiger partial charge in [-0.25, -0.2) is 8.42 Å². The highest BCUT2D eigenvalue weighted by molar-refractivity contribution is 9.10. The third kappa shape index (κ3) is 8.00. The summed E-state index contributed by atoms with van der Waals surface area (Å²) in [6.45, 7) is 1.73. The fourth-order valence-electron chi connectivity index (χ4n) is 4.56. The van der Waals surface area contributed by atoms with E-state index in [4.69, 9.17) is 11.6 Å². The van der Waals surface area contributed by atoms with Gasteiger partial charge in [0, 0.05) is 29.0 Å². The predicted octanol–water partition coefficient (Wildman–Crippen LogP) is 6.07. The number of hydrogen-bond donors (Lipinski definition) is 1. The number of carbonyl (C=O) groups is 2. The van der Waals surface area contributed by atoms with Crippen LogP contribution in [0.15, 0.2) is 119 Å². The van der Waals surface area contributed by atoms with E-state index in [-0.39, 0.29) is 29.5 Å². The van der Waals surface area contributed by atoms with Crippen LogP contribution in [0.4, 0.5) is 5.69 Å². The largest absolute Gasteiger partial charge is 0.355 e. The van der Waals surface area contributed by atoms with Gasteiger partial charge in [-0.05, 0) is 60.5 Å². The summed E-state index contributed by atoms with van der Waals surface area (Å²) in [4.78, 5) is 29.3. The molecule has 0 aliphatic rings. The molecule has 0 fully saturated rings. The Morgan fingerprint density at radius 1 is 0.857 bits per heavy atom. The number of carbonyl (C=O) groups excluding carboxylic acids is 2. The molecule has 4 aromatic rings. The maximum atomic E-state index is 14.3. The van der Waals surface area contributed by atoms with E-state index in [0.717, 1.165) is 19.9 Å². The molecule has 10 heteroatoms. The minimum absolute atomic E-state index is 0.0286. The lowest BCUT2D eigenvalue weighted by Gasteiger charge is -2.34. The van der Waals surface area contributed by atoms with Gasteiger partial charge in [-0.1, -0.05) is 94.3 Å². The van der Waals surface area contributed by atoms with E-state index in [2.05, 4.69) is 21.2 Å². The van der Waals surface area contributed by atoms with Crippen molar-refractivity contribution < 1.29 is 18.0 Å². The number of rotatable bonds is 12. The van der Waals surface area contributed by atoms with Crippen molar-refractivity contribution in [2.75, 3.05) is 17.4 Å². The molecule has 218 valence electrons. The summed E-state index contributed by atoms with van der Waals surface area (Å²) < 4.78 is 29.7. The number of hydrogen-bond acceptors (Lipinski definition) is 4. The third-order valence-electron chi connectivity index (χ3n) is 6.57. The number of halogens is 2. The van der Waals surface area contributed by atoms with Crippen molar-refractivity contribution in [1.29, 1.82) is 0 Å². The summed E-state index contributed by atoms with van der Waals surface area (Å²) in [5.74, 6) is -0.869. The van der Waals surface area contributed by atoms with Gasteiger partial charge < -0.3 is 10.2 Å². The van der Waals surface area contributed by atoms with Crippen molar-refractivity contribution in [2.45, 2.75) is 30.8 Å². The smallest absolute Gasteiger partial charge is 0.264 e. The second-order valence-corrected chi connectivity index (χ2v) is 12.8. The highest BCUT2D eigenvalue weighted by Crippen LogP contribution is 2.27. The molecule has 0 saturated heterocycles. The SMILES string of the molecule is CCNC(=O)C(Cc1ccccc1)N(Cc1cccc(Br)c1)C(=O)CN(c1cccc(Cl)c1)S(=O)(=O)c1ccccc1. The number of benzene rings is 4. The van der Waals surface area contributed by atoms with Crippen molar-refractivity contribution in [3.05, 3.63) is 130 Å². The molecule has 0 aromatic heterocycles. The molecule has 7 nitrogen and oxygen atoms in total. The molecule has 1 N–H and O–H groups in total. The van der Waals surface area contributed by atoms with Crippen molar-refractivity contribution in [1.82, 2.24) is 10.2 Å². The van der Waals surface area contributed by atoms with E-state index in [1.165, 1.54) is 23.1 Å². The van der Waals surface area contributed by atoms with E-state index < -0.39 is 28.5 Å². The minimum atomic E-state index is -4.17. The molecule has 1 unspecified atom stereocenters. The first-order valence-corrected chi connectivity index (χ1v) is 16.0. The van der Waals surface area contributed by atoms with Crippen molar-refractivity contribution in [2.24, 2.45) is 0 Å². The highest BCUT2D eigenvalue weighted by atomic mass is 79.9. The Morgan fingerprint density at radius 2 is 1.50 bits per heavy atom. The van der Waals surface area contributed by atoms with Gasteiger partial charge in [0.05, 0.1) is 10.6 Å². The summed E-state index contributed by atoms with van der Waals surface area (Å²) in [7, 11) is -4.17. The number of nitrogens with one attached hydrogen (secondary N) is 1. The van der Waals surface area contributed by atoms with Crippen LogP contribution < -0.4 is 9.62 Å². The maximum Gasteiger partial charge on any atom is 0.264 e. The normalized spacial score (nSPS) is 11.9. The fraction of sp³-hybridized carbons (Fsp3) is 0.188. The van der Waals surface area contributed by atoms with E-state index >= 15 is 0 Å². The number of sulfonamides is 1. The van der Waals surface area contributed by atoms with Gasteiger partial charge in [0.25, 0.3) is 10.0 Å². The van der Waals surface area contributed by atoms with Crippen LogP contribution in [-0.2, 0) is 32.6 Å². The summed E-state index contributed by atoms with van der Waals surface area (Å²) >= 11 is 9.73. The first kappa shape index (κ1) is 31.3. The van der Waals surface area contributed by atoms with Crippen LogP contribution >= 0.6 is 27.5 Å². The molecular formula is C32H31BrClN3O4S. The zero-order valence-corrected chi connectivity index (χ0v) is 26.1. The van der Waals surface area contributed by atoms with E-state index in [1.54, 1.807) is 36.4 Å². The number of nitrogens with zero attached hydrogens (tertiary/aromatic N) is 2. The van der Waals surface area contributed by atoms with Crippen LogP contribution in [0.1, 0.15) is 18.1 Å². The van der Waals surface area contributed by atoms with Gasteiger partial charge >= 0.3 is 0 Å². The van der Waals surface area contributed by atoms with Crippen LogP contribution in [0.25, 0.3) is 0 Å². The predicted molar refractivity (Wildman–Crippen MR) is 170 cm³/mol. The van der Waals surface area contributed by atoms with Gasteiger partial charge in [0.1, 0.15) is 12.6 Å². The van der Waals surface area contributed by atoms with Crippen LogP contribution in [0.5, 0.6) is 0 Å². The highest BCUT2D eigenvalue weighted by Gasteiger charge is 2.34. The van der Waals surface area contributed by atoms with Gasteiger partial charge in [-0.2, -0.15) is 0 Å². The fourth-order valence-corrected chi connectivity index (χ4v) is 6.62. The van der Waals surface area contributed by atoms with Crippen LogP contribution in [0.2, 0.25) is 5.02 Å². The van der Waals surface area contributed by atoms with E-state index in [1.807, 2.05) is 61.5 Å². The Morgan fingerprint density at radius 3 is 2.14 bits per heavy atom. The molecule has 0 bridgehead atoms. The summed E-state index contributed by atoms with van der Waals surface area (Å²) in [6.07, 6.45) is 0.245. The molecule has 0 saturated carbocycles. The first-order valence-electron chi connectivity index (χ1n) is 13.4. The molecule has 4 aromatic carbocycles. The topological polar surface area (TPSA) is 86.8 Å². The lowest BCUT2D eigenvalue weighted by atomic mass is 10.0. The molecule has 0 aliphatic heterocycles. The van der Waals surface area contributed by atoms with Gasteiger partial charge in [0.2, 0.25) is 11.8 Å². The summed E-state index contributed by atoms with van der Waals surface area (Å²) in [5.41, 5.74) is 1.88. The molecule has 0 spiro atoms. The Balaban J connectivity index is 1.79. The van der Waals surface area contributed by atoms with E-state index in [0.29, 0.717) is 11.6 Å². The van der Waals surface area contributed by atoms with Crippen LogP contribution in [0, 0.1) is 0 Å². The number of amides is 2. The molecule has 4 rings (SSSR count). The lowest BCUT2D eigenvalue weighted by molar-refractivity contribution is -0.140. The maximum absolute atomic E-state index is 14.3. The van der Waals surface area contributed by atoms with Crippen molar-refractivity contribution >= 4 is 55.1 Å². The van der Waals surface area contributed by atoms with Gasteiger partial charge in [-0.15, -0.1) is 0 Å². The first-order chi connectivity index (χ1) is 20.2. The molecule has 42 heavy (non-hydrogen) atoms. The quantitative estimate of drug-likeness (QED) is 0.199. The average Bonchev–Trinajstić information content (AvgIpc) is 2.98. The Labute approximate surface area is 260 Å². The zero-order chi connectivity index (χ0) is 30.1. The van der Waals surface area contributed by atoms with Crippen LogP contribution in [-0.4, -0.2) is 44.3 Å². The summed E-state index contributed by atoms with van der Waals surface area (Å²) in [5, 5.41) is 3.18. The zero-order valence-electron chi connectivity index (χ0n) is 23.0. The molecule has 0 heterocycles. The molecule has 1 atom stereocenters. The van der Waals surface area contributed by atoms with Crippen molar-refractivity contribution in [3.63, 3.8) is 0 Å². The average molecular weight is 669 g/mol. The van der Waals surface area contributed by atoms with Crippen LogP contribution in [0.3, 0.4) is 0 Å². The molecular weight excluding hydrogens is 638 g/mol. The minimum Gasteiger partial charge on any atom is -0.355 e.